The van der Waals surface area contributed by atoms with Gasteiger partial charge in [0.15, 0.2) is 5.82 Å². The molecular weight excluding hydrogens is 468 g/mol. The molecule has 1 aliphatic heterocycles. The highest BCUT2D eigenvalue weighted by Gasteiger charge is 2.24. The number of anilines is 3. The number of nitrogens with one attached hydrogen (secondary N) is 2. The Morgan fingerprint density at radius 2 is 1.81 bits per heavy atom. The van der Waals surface area contributed by atoms with Crippen LogP contribution >= 0.6 is 0 Å². The van der Waals surface area contributed by atoms with Crippen LogP contribution in [-0.2, 0) is 11.2 Å². The monoisotopic (exact) mass is 496 g/mol. The van der Waals surface area contributed by atoms with Crippen LogP contribution in [0, 0.1) is 6.92 Å². The van der Waals surface area contributed by atoms with Crippen molar-refractivity contribution in [3.63, 3.8) is 0 Å². The fraction of sp³-hybridized carbons (Fsp3) is 0.259. The van der Waals surface area contributed by atoms with E-state index >= 15 is 0 Å². The van der Waals surface area contributed by atoms with E-state index in [1.807, 2.05) is 49.4 Å². The topological polar surface area (TPSA) is 129 Å². The number of benzene rings is 1. The standard InChI is InChI=1S/C27H28N8O2/c1-18-3-2-4-22(31-18)27-30-12-10-24(34-27)32-23-9-11-29-25(33-23)15-19-5-7-20(8-6-19)35-14-13-28-17-21(35)16-26(36)37/h2-12,21,28H,13-17H2,1H3,(H,36,37)(H,29,30,32,33,34). The van der Waals surface area contributed by atoms with Gasteiger partial charge in [-0.15, -0.1) is 0 Å². The number of carboxylic acid groups (broad SMARTS) is 1. The summed E-state index contributed by atoms with van der Waals surface area (Å²) in [5.74, 6) is 1.69. The van der Waals surface area contributed by atoms with Gasteiger partial charge in [0.05, 0.1) is 12.5 Å². The van der Waals surface area contributed by atoms with E-state index in [9.17, 15) is 9.90 Å². The molecule has 10 heteroatoms. The quantitative estimate of drug-likeness (QED) is 0.334. The number of aliphatic carboxylic acids is 1. The summed E-state index contributed by atoms with van der Waals surface area (Å²) in [7, 11) is 0. The van der Waals surface area contributed by atoms with E-state index in [4.69, 9.17) is 0 Å². The van der Waals surface area contributed by atoms with E-state index in [0.29, 0.717) is 41.9 Å². The van der Waals surface area contributed by atoms with Crippen molar-refractivity contribution in [2.24, 2.45) is 0 Å². The highest BCUT2D eigenvalue weighted by molar-refractivity contribution is 5.69. The maximum absolute atomic E-state index is 11.3. The molecule has 3 aromatic heterocycles. The van der Waals surface area contributed by atoms with Crippen LogP contribution < -0.4 is 15.5 Å². The smallest absolute Gasteiger partial charge is 0.305 e. The number of nitrogens with zero attached hydrogens (tertiary/aromatic N) is 6. The van der Waals surface area contributed by atoms with Crippen LogP contribution in [0.2, 0.25) is 0 Å². The van der Waals surface area contributed by atoms with Gasteiger partial charge in [0, 0.05) is 49.8 Å². The number of aromatic nitrogens is 5. The lowest BCUT2D eigenvalue weighted by Crippen LogP contribution is -2.52. The minimum Gasteiger partial charge on any atom is -0.481 e. The zero-order valence-electron chi connectivity index (χ0n) is 20.5. The van der Waals surface area contributed by atoms with E-state index in [1.54, 1.807) is 24.5 Å². The van der Waals surface area contributed by atoms with Crippen molar-refractivity contribution in [2.45, 2.75) is 25.8 Å². The second kappa shape index (κ2) is 11.1. The third kappa shape index (κ3) is 6.22. The molecule has 0 amide bonds. The molecule has 1 aliphatic rings. The van der Waals surface area contributed by atoms with Crippen LogP contribution in [0.5, 0.6) is 0 Å². The van der Waals surface area contributed by atoms with Gasteiger partial charge in [-0.3, -0.25) is 4.79 Å². The first-order chi connectivity index (χ1) is 18.0. The first kappa shape index (κ1) is 24.3. The molecule has 1 unspecified atom stereocenters. The molecule has 4 aromatic rings. The van der Waals surface area contributed by atoms with Crippen molar-refractivity contribution >= 4 is 23.3 Å². The average Bonchev–Trinajstić information content (AvgIpc) is 2.90. The Balaban J connectivity index is 1.26. The van der Waals surface area contributed by atoms with E-state index in [1.165, 1.54) is 0 Å². The summed E-state index contributed by atoms with van der Waals surface area (Å²) in [5, 5.41) is 15.8. The van der Waals surface area contributed by atoms with Crippen LogP contribution in [0.15, 0.2) is 67.0 Å². The van der Waals surface area contributed by atoms with Crippen molar-refractivity contribution in [3.8, 4) is 11.5 Å². The normalized spacial score (nSPS) is 15.4. The van der Waals surface area contributed by atoms with E-state index in [-0.39, 0.29) is 12.5 Å². The lowest BCUT2D eigenvalue weighted by Gasteiger charge is -2.37. The maximum Gasteiger partial charge on any atom is 0.305 e. The highest BCUT2D eigenvalue weighted by Crippen LogP contribution is 2.22. The molecule has 1 atom stereocenters. The molecule has 0 bridgehead atoms. The van der Waals surface area contributed by atoms with Crippen molar-refractivity contribution in [1.29, 1.82) is 0 Å². The molecule has 0 saturated carbocycles. The van der Waals surface area contributed by atoms with Gasteiger partial charge in [0.2, 0.25) is 0 Å². The SMILES string of the molecule is Cc1cccc(-c2nccc(Nc3ccnc(Cc4ccc(N5CCNCC5CC(=O)O)cc4)n3)n2)n1. The van der Waals surface area contributed by atoms with Crippen LogP contribution in [0.3, 0.4) is 0 Å². The third-order valence-electron chi connectivity index (χ3n) is 6.13. The van der Waals surface area contributed by atoms with E-state index < -0.39 is 5.97 Å². The molecule has 1 saturated heterocycles. The van der Waals surface area contributed by atoms with Gasteiger partial charge in [-0.1, -0.05) is 18.2 Å². The van der Waals surface area contributed by atoms with Crippen molar-refractivity contribution in [3.05, 3.63) is 84.1 Å². The number of rotatable bonds is 8. The summed E-state index contributed by atoms with van der Waals surface area (Å²) in [6.07, 6.45) is 4.09. The summed E-state index contributed by atoms with van der Waals surface area (Å²) >= 11 is 0. The lowest BCUT2D eigenvalue weighted by atomic mass is 10.1. The Morgan fingerprint density at radius 1 is 1.03 bits per heavy atom. The molecular formula is C27H28N8O2. The van der Waals surface area contributed by atoms with Crippen LogP contribution in [-0.4, -0.2) is 61.7 Å². The van der Waals surface area contributed by atoms with Gasteiger partial charge in [-0.05, 0) is 48.9 Å². The minimum atomic E-state index is -0.786. The highest BCUT2D eigenvalue weighted by atomic mass is 16.4. The fourth-order valence-corrected chi connectivity index (χ4v) is 4.38. The summed E-state index contributed by atoms with van der Waals surface area (Å²) in [6.45, 7) is 4.21. The number of piperazine rings is 1. The second-order valence-electron chi connectivity index (χ2n) is 8.91. The predicted octanol–water partition coefficient (Wildman–Crippen LogP) is 3.22. The summed E-state index contributed by atoms with van der Waals surface area (Å²) in [5.41, 5.74) is 3.71. The molecule has 1 fully saturated rings. The Bertz CT molecular complexity index is 1380. The van der Waals surface area contributed by atoms with Crippen LogP contribution in [0.4, 0.5) is 17.3 Å². The molecule has 0 spiro atoms. The first-order valence-electron chi connectivity index (χ1n) is 12.2. The molecule has 1 aromatic carbocycles. The summed E-state index contributed by atoms with van der Waals surface area (Å²) in [6, 6.07) is 17.4. The first-order valence-corrected chi connectivity index (χ1v) is 12.2. The zero-order chi connectivity index (χ0) is 25.6. The second-order valence-corrected chi connectivity index (χ2v) is 8.91. The molecule has 0 radical (unpaired) electrons. The molecule has 0 aliphatic carbocycles. The molecule has 10 nitrogen and oxygen atoms in total. The summed E-state index contributed by atoms with van der Waals surface area (Å²) < 4.78 is 0. The van der Waals surface area contributed by atoms with Gasteiger partial charge in [0.25, 0.3) is 0 Å². The largest absolute Gasteiger partial charge is 0.481 e. The van der Waals surface area contributed by atoms with E-state index in [0.717, 1.165) is 30.0 Å². The number of carboxylic acids is 1. The molecule has 4 heterocycles. The molecule has 3 N–H and O–H groups in total. The number of aryl methyl sites for hydroxylation is 1. The Hall–Kier alpha value is -4.44. The fourth-order valence-electron chi connectivity index (χ4n) is 4.38. The molecule has 5 rings (SSSR count). The maximum atomic E-state index is 11.3. The van der Waals surface area contributed by atoms with Crippen LogP contribution in [0.25, 0.3) is 11.5 Å². The van der Waals surface area contributed by atoms with Gasteiger partial charge in [0.1, 0.15) is 23.2 Å². The number of hydrogen-bond donors (Lipinski definition) is 3. The Kier molecular flexibility index (Phi) is 7.27. The van der Waals surface area contributed by atoms with Gasteiger partial charge in [-0.25, -0.2) is 24.9 Å². The van der Waals surface area contributed by atoms with E-state index in [2.05, 4.69) is 40.5 Å². The van der Waals surface area contributed by atoms with Gasteiger partial charge < -0.3 is 20.6 Å². The number of hydrogen-bond acceptors (Lipinski definition) is 9. The average molecular weight is 497 g/mol. The minimum absolute atomic E-state index is 0.0628. The number of carbonyl (C=O) groups is 1. The Labute approximate surface area is 214 Å². The summed E-state index contributed by atoms with van der Waals surface area (Å²) in [4.78, 5) is 35.9. The van der Waals surface area contributed by atoms with Gasteiger partial charge >= 0.3 is 5.97 Å². The lowest BCUT2D eigenvalue weighted by molar-refractivity contribution is -0.137. The van der Waals surface area contributed by atoms with Crippen molar-refractivity contribution in [1.82, 2.24) is 30.2 Å². The molecule has 188 valence electrons. The number of pyridine rings is 1. The Morgan fingerprint density at radius 3 is 2.59 bits per heavy atom. The van der Waals surface area contributed by atoms with Crippen molar-refractivity contribution < 1.29 is 9.90 Å². The van der Waals surface area contributed by atoms with Crippen molar-refractivity contribution in [2.75, 3.05) is 29.9 Å². The third-order valence-corrected chi connectivity index (χ3v) is 6.13. The molecule has 37 heavy (non-hydrogen) atoms. The van der Waals surface area contributed by atoms with Crippen LogP contribution in [0.1, 0.15) is 23.5 Å². The van der Waals surface area contributed by atoms with Gasteiger partial charge in [-0.2, -0.15) is 0 Å². The zero-order valence-corrected chi connectivity index (χ0v) is 20.5. The predicted molar refractivity (Wildman–Crippen MR) is 141 cm³/mol.